The van der Waals surface area contributed by atoms with Crippen molar-refractivity contribution >= 4 is 22.4 Å². The van der Waals surface area contributed by atoms with E-state index in [1.165, 1.54) is 23.0 Å². The lowest BCUT2D eigenvalue weighted by molar-refractivity contribution is 0.102. The van der Waals surface area contributed by atoms with Gasteiger partial charge in [0.05, 0.1) is 5.56 Å². The molecule has 0 atom stereocenters. The zero-order valence-electron chi connectivity index (χ0n) is 9.12. The van der Waals surface area contributed by atoms with Crippen LogP contribution in [0.5, 0.6) is 0 Å². The Morgan fingerprint density at radius 2 is 2.44 bits per heavy atom. The van der Waals surface area contributed by atoms with Crippen molar-refractivity contribution in [2.45, 2.75) is 0 Å². The highest BCUT2D eigenvalue weighted by Gasteiger charge is 2.12. The number of carbonyl (C=O) groups excluding carboxylic acids is 1. The third-order valence-corrected chi connectivity index (χ3v) is 2.51. The van der Waals surface area contributed by atoms with Gasteiger partial charge in [-0.2, -0.15) is 0 Å². The molecule has 7 heteroatoms. The molecule has 0 aliphatic carbocycles. The van der Waals surface area contributed by atoms with Crippen LogP contribution in [0.15, 0.2) is 23.8 Å². The first-order chi connectivity index (χ1) is 8.81. The third-order valence-electron chi connectivity index (χ3n) is 1.91. The molecule has 0 saturated carbocycles. The van der Waals surface area contributed by atoms with Gasteiger partial charge < -0.3 is 5.11 Å². The Morgan fingerprint density at radius 3 is 3.17 bits per heavy atom. The average molecular weight is 260 g/mol. The molecule has 2 rings (SSSR count). The predicted molar refractivity (Wildman–Crippen MR) is 66.1 cm³/mol. The van der Waals surface area contributed by atoms with Gasteiger partial charge in [0, 0.05) is 6.20 Å². The molecular formula is C11H8N4O2S. The van der Waals surface area contributed by atoms with E-state index in [1.807, 2.05) is 0 Å². The van der Waals surface area contributed by atoms with Gasteiger partial charge in [0.1, 0.15) is 17.8 Å². The van der Waals surface area contributed by atoms with Gasteiger partial charge in [0.25, 0.3) is 5.91 Å². The Hall–Kier alpha value is -2.30. The van der Waals surface area contributed by atoms with Gasteiger partial charge in [-0.1, -0.05) is 23.2 Å². The molecule has 2 aromatic rings. The molecule has 0 spiro atoms. The van der Waals surface area contributed by atoms with Crippen molar-refractivity contribution in [1.82, 2.24) is 15.2 Å². The summed E-state index contributed by atoms with van der Waals surface area (Å²) in [6.45, 7) is -0.271. The molecule has 0 radical (unpaired) electrons. The molecule has 2 aromatic heterocycles. The van der Waals surface area contributed by atoms with E-state index in [1.54, 1.807) is 12.1 Å². The SMILES string of the molecule is O=C(Nc1nncs1)c1ncccc1C#CCO. The molecule has 0 bridgehead atoms. The van der Waals surface area contributed by atoms with E-state index in [-0.39, 0.29) is 12.3 Å². The summed E-state index contributed by atoms with van der Waals surface area (Å²) >= 11 is 1.21. The summed E-state index contributed by atoms with van der Waals surface area (Å²) in [6, 6.07) is 3.33. The second kappa shape index (κ2) is 5.86. The van der Waals surface area contributed by atoms with Crippen molar-refractivity contribution in [3.63, 3.8) is 0 Å². The molecule has 18 heavy (non-hydrogen) atoms. The first-order valence-corrected chi connectivity index (χ1v) is 5.81. The fourth-order valence-electron chi connectivity index (χ4n) is 1.21. The van der Waals surface area contributed by atoms with Gasteiger partial charge in [-0.3, -0.25) is 10.1 Å². The van der Waals surface area contributed by atoms with Crippen LogP contribution in [-0.4, -0.2) is 32.8 Å². The highest BCUT2D eigenvalue weighted by atomic mass is 32.1. The zero-order chi connectivity index (χ0) is 12.8. The second-order valence-corrected chi connectivity index (χ2v) is 3.89. The van der Waals surface area contributed by atoms with E-state index in [0.717, 1.165) is 0 Å². The highest BCUT2D eigenvalue weighted by molar-refractivity contribution is 7.13. The summed E-state index contributed by atoms with van der Waals surface area (Å²) in [5.74, 6) is 4.74. The number of rotatable bonds is 2. The number of hydrogen-bond donors (Lipinski definition) is 2. The maximum atomic E-state index is 11.9. The van der Waals surface area contributed by atoms with Crippen LogP contribution in [0.2, 0.25) is 0 Å². The highest BCUT2D eigenvalue weighted by Crippen LogP contribution is 2.11. The number of aliphatic hydroxyl groups is 1. The first-order valence-electron chi connectivity index (χ1n) is 4.93. The van der Waals surface area contributed by atoms with Crippen molar-refractivity contribution in [2.24, 2.45) is 0 Å². The summed E-state index contributed by atoms with van der Waals surface area (Å²) in [7, 11) is 0. The van der Waals surface area contributed by atoms with Gasteiger partial charge in [-0.15, -0.1) is 10.2 Å². The molecule has 2 heterocycles. The molecule has 90 valence electrons. The lowest BCUT2D eigenvalue weighted by atomic mass is 10.2. The van der Waals surface area contributed by atoms with Crippen LogP contribution in [0.25, 0.3) is 0 Å². The molecule has 0 aromatic carbocycles. The Labute approximate surface area is 107 Å². The topological polar surface area (TPSA) is 88.0 Å². The minimum Gasteiger partial charge on any atom is -0.384 e. The summed E-state index contributed by atoms with van der Waals surface area (Å²) in [5, 5.41) is 18.9. The number of pyridine rings is 1. The Morgan fingerprint density at radius 1 is 1.56 bits per heavy atom. The Balaban J connectivity index is 2.24. The number of nitrogens with zero attached hydrogens (tertiary/aromatic N) is 3. The van der Waals surface area contributed by atoms with E-state index in [2.05, 4.69) is 32.3 Å². The summed E-state index contributed by atoms with van der Waals surface area (Å²) in [6.07, 6.45) is 1.50. The van der Waals surface area contributed by atoms with E-state index < -0.39 is 5.91 Å². The van der Waals surface area contributed by atoms with Gasteiger partial charge in [0.15, 0.2) is 0 Å². The van der Waals surface area contributed by atoms with Crippen molar-refractivity contribution in [2.75, 3.05) is 11.9 Å². The molecule has 0 saturated heterocycles. The largest absolute Gasteiger partial charge is 0.384 e. The van der Waals surface area contributed by atoms with Gasteiger partial charge >= 0.3 is 0 Å². The monoisotopic (exact) mass is 260 g/mol. The summed E-state index contributed by atoms with van der Waals surface area (Å²) in [4.78, 5) is 15.9. The molecule has 0 fully saturated rings. The normalized spacial score (nSPS) is 9.39. The fraction of sp³-hybridized carbons (Fsp3) is 0.0909. The smallest absolute Gasteiger partial charge is 0.277 e. The van der Waals surface area contributed by atoms with E-state index >= 15 is 0 Å². The van der Waals surface area contributed by atoms with Crippen LogP contribution in [0.3, 0.4) is 0 Å². The van der Waals surface area contributed by atoms with Gasteiger partial charge in [-0.05, 0) is 12.1 Å². The van der Waals surface area contributed by atoms with Crippen LogP contribution in [0, 0.1) is 11.8 Å². The van der Waals surface area contributed by atoms with E-state index in [9.17, 15) is 4.79 Å². The Bertz CT molecular complexity index is 601. The lowest BCUT2D eigenvalue weighted by Crippen LogP contribution is -2.15. The van der Waals surface area contributed by atoms with Crippen LogP contribution in [0.1, 0.15) is 16.1 Å². The van der Waals surface area contributed by atoms with Crippen LogP contribution < -0.4 is 5.32 Å². The second-order valence-electron chi connectivity index (χ2n) is 3.06. The van der Waals surface area contributed by atoms with Crippen molar-refractivity contribution in [1.29, 1.82) is 0 Å². The summed E-state index contributed by atoms with van der Waals surface area (Å²) < 4.78 is 0. The fourth-order valence-corrected chi connectivity index (χ4v) is 1.65. The minimum absolute atomic E-state index is 0.189. The standard InChI is InChI=1S/C11H8N4O2S/c16-6-2-4-8-3-1-5-12-9(8)10(17)14-11-15-13-7-18-11/h1,3,5,7,16H,6H2,(H,14,15,17). The third kappa shape index (κ3) is 2.88. The molecular weight excluding hydrogens is 252 g/mol. The van der Waals surface area contributed by atoms with Crippen LogP contribution in [0.4, 0.5) is 5.13 Å². The number of nitrogens with one attached hydrogen (secondary N) is 1. The van der Waals surface area contributed by atoms with Crippen LogP contribution >= 0.6 is 11.3 Å². The number of anilines is 1. The number of amides is 1. The predicted octanol–water partition coefficient (Wildman–Crippen LogP) is 0.529. The number of aliphatic hydroxyl groups excluding tert-OH is 1. The lowest BCUT2D eigenvalue weighted by Gasteiger charge is -2.02. The number of hydrogen-bond acceptors (Lipinski definition) is 6. The maximum absolute atomic E-state index is 11.9. The number of carbonyl (C=O) groups is 1. The minimum atomic E-state index is -0.408. The van der Waals surface area contributed by atoms with Gasteiger partial charge in [0.2, 0.25) is 5.13 Å². The molecule has 0 unspecified atom stereocenters. The quantitative estimate of drug-likeness (QED) is 0.769. The first kappa shape index (κ1) is 12.2. The summed E-state index contributed by atoms with van der Waals surface area (Å²) in [5.41, 5.74) is 2.16. The van der Waals surface area contributed by atoms with Crippen molar-refractivity contribution in [3.8, 4) is 11.8 Å². The maximum Gasteiger partial charge on any atom is 0.277 e. The van der Waals surface area contributed by atoms with E-state index in [0.29, 0.717) is 10.7 Å². The zero-order valence-corrected chi connectivity index (χ0v) is 9.94. The molecule has 6 nitrogen and oxygen atoms in total. The molecule has 2 N–H and O–H groups in total. The van der Waals surface area contributed by atoms with Gasteiger partial charge in [-0.25, -0.2) is 4.98 Å². The molecule has 1 amide bonds. The molecule has 0 aliphatic heterocycles. The molecule has 0 aliphatic rings. The van der Waals surface area contributed by atoms with Crippen molar-refractivity contribution in [3.05, 3.63) is 35.1 Å². The van der Waals surface area contributed by atoms with E-state index in [4.69, 9.17) is 5.11 Å². The number of aromatic nitrogens is 3. The Kier molecular flexibility index (Phi) is 3.96. The average Bonchev–Trinajstić information content (AvgIpc) is 2.89. The van der Waals surface area contributed by atoms with Crippen LogP contribution in [-0.2, 0) is 0 Å². The van der Waals surface area contributed by atoms with Crippen molar-refractivity contribution < 1.29 is 9.90 Å².